The number of benzene rings is 1. The third-order valence-corrected chi connectivity index (χ3v) is 4.78. The second kappa shape index (κ2) is 4.82. The van der Waals surface area contributed by atoms with Crippen molar-refractivity contribution in [2.75, 3.05) is 20.1 Å². The van der Waals surface area contributed by atoms with Gasteiger partial charge < -0.3 is 10.3 Å². The van der Waals surface area contributed by atoms with Crippen molar-refractivity contribution in [1.29, 1.82) is 0 Å². The van der Waals surface area contributed by atoms with Crippen LogP contribution >= 0.6 is 11.6 Å². The summed E-state index contributed by atoms with van der Waals surface area (Å²) in [6, 6.07) is 6.83. The van der Waals surface area contributed by atoms with E-state index in [2.05, 4.69) is 40.9 Å². The minimum atomic E-state index is 0.394. The molecule has 1 aliphatic heterocycles. The van der Waals surface area contributed by atoms with Crippen molar-refractivity contribution >= 4 is 22.5 Å². The Kier molecular flexibility index (Phi) is 3.29. The van der Waals surface area contributed by atoms with Crippen LogP contribution in [0.5, 0.6) is 0 Å². The quantitative estimate of drug-likeness (QED) is 0.916. The summed E-state index contributed by atoms with van der Waals surface area (Å²) in [6.45, 7) is 1.82. The molecule has 0 bridgehead atoms. The molecule has 19 heavy (non-hydrogen) atoms. The Balaban J connectivity index is 2.04. The molecule has 1 aliphatic rings. The first-order valence-electron chi connectivity index (χ1n) is 6.75. The van der Waals surface area contributed by atoms with Crippen LogP contribution in [0.2, 0.25) is 5.02 Å². The highest BCUT2D eigenvalue weighted by Gasteiger charge is 2.31. The van der Waals surface area contributed by atoms with E-state index in [9.17, 15) is 0 Å². The summed E-state index contributed by atoms with van der Waals surface area (Å²) in [7, 11) is 4.20. The van der Waals surface area contributed by atoms with Crippen LogP contribution in [0.25, 0.3) is 10.9 Å². The van der Waals surface area contributed by atoms with Crippen molar-refractivity contribution in [3.8, 4) is 0 Å². The zero-order valence-corrected chi connectivity index (χ0v) is 12.2. The van der Waals surface area contributed by atoms with Crippen molar-refractivity contribution in [2.45, 2.75) is 12.5 Å². The Morgan fingerprint density at radius 1 is 1.32 bits per heavy atom. The fourth-order valence-corrected chi connectivity index (χ4v) is 3.58. The van der Waals surface area contributed by atoms with E-state index >= 15 is 0 Å². The lowest BCUT2D eigenvalue weighted by Crippen LogP contribution is -2.20. The lowest BCUT2D eigenvalue weighted by Gasteiger charge is -2.21. The number of hydrogen-bond acceptors (Lipinski definition) is 2. The summed E-state index contributed by atoms with van der Waals surface area (Å²) in [5, 5.41) is 2.04. The molecular formula is C15H20ClN3. The largest absolute Gasteiger partial charge is 0.351 e. The summed E-state index contributed by atoms with van der Waals surface area (Å²) < 4.78 is 2.10. The van der Waals surface area contributed by atoms with Gasteiger partial charge in [-0.2, -0.15) is 0 Å². The van der Waals surface area contributed by atoms with Crippen molar-refractivity contribution in [1.82, 2.24) is 9.47 Å². The smallest absolute Gasteiger partial charge is 0.0547 e. The SMILES string of the molecule is CN1CC(CN)CC1c1ccc2c(ccn2C)c1Cl. The number of rotatable bonds is 2. The van der Waals surface area contributed by atoms with E-state index in [1.54, 1.807) is 0 Å². The van der Waals surface area contributed by atoms with Gasteiger partial charge in [0.05, 0.1) is 5.02 Å². The second-order valence-electron chi connectivity index (χ2n) is 5.62. The summed E-state index contributed by atoms with van der Waals surface area (Å²) in [6.07, 6.45) is 3.16. The van der Waals surface area contributed by atoms with Crippen LogP contribution < -0.4 is 5.73 Å². The maximum atomic E-state index is 6.62. The maximum Gasteiger partial charge on any atom is 0.0547 e. The van der Waals surface area contributed by atoms with Crippen molar-refractivity contribution in [2.24, 2.45) is 18.7 Å². The Morgan fingerprint density at radius 3 is 2.79 bits per heavy atom. The monoisotopic (exact) mass is 277 g/mol. The first-order chi connectivity index (χ1) is 9.11. The van der Waals surface area contributed by atoms with Crippen LogP contribution in [0.15, 0.2) is 24.4 Å². The van der Waals surface area contributed by atoms with Crippen molar-refractivity contribution in [3.63, 3.8) is 0 Å². The van der Waals surface area contributed by atoms with Gasteiger partial charge in [0.15, 0.2) is 0 Å². The van der Waals surface area contributed by atoms with Gasteiger partial charge in [0.25, 0.3) is 0 Å². The molecule has 2 aromatic rings. The Morgan fingerprint density at radius 2 is 2.11 bits per heavy atom. The molecule has 2 atom stereocenters. The van der Waals surface area contributed by atoms with Gasteiger partial charge in [-0.3, -0.25) is 4.90 Å². The molecule has 0 amide bonds. The van der Waals surface area contributed by atoms with Gasteiger partial charge in [-0.05, 0) is 43.6 Å². The lowest BCUT2D eigenvalue weighted by atomic mass is 9.99. The molecule has 0 radical (unpaired) electrons. The van der Waals surface area contributed by atoms with Crippen LogP contribution in [0.4, 0.5) is 0 Å². The molecule has 0 spiro atoms. The molecule has 102 valence electrons. The Labute approximate surface area is 118 Å². The zero-order chi connectivity index (χ0) is 13.6. The third-order valence-electron chi connectivity index (χ3n) is 4.36. The lowest BCUT2D eigenvalue weighted by molar-refractivity contribution is 0.314. The van der Waals surface area contributed by atoms with Crippen molar-refractivity contribution in [3.05, 3.63) is 35.0 Å². The number of nitrogens with two attached hydrogens (primary N) is 1. The highest BCUT2D eigenvalue weighted by Crippen LogP contribution is 2.39. The van der Waals surface area contributed by atoms with Gasteiger partial charge >= 0.3 is 0 Å². The topological polar surface area (TPSA) is 34.2 Å². The van der Waals surface area contributed by atoms with Gasteiger partial charge in [-0.1, -0.05) is 17.7 Å². The second-order valence-corrected chi connectivity index (χ2v) is 6.00. The van der Waals surface area contributed by atoms with Gasteiger partial charge in [0, 0.05) is 36.7 Å². The fourth-order valence-electron chi connectivity index (χ4n) is 3.23. The van der Waals surface area contributed by atoms with Crippen LogP contribution in [-0.2, 0) is 7.05 Å². The Bertz CT molecular complexity index is 605. The van der Waals surface area contributed by atoms with Gasteiger partial charge in [-0.25, -0.2) is 0 Å². The number of halogens is 1. The highest BCUT2D eigenvalue weighted by atomic mass is 35.5. The van der Waals surface area contributed by atoms with E-state index in [0.717, 1.165) is 29.9 Å². The molecule has 1 aromatic heterocycles. The number of fused-ring (bicyclic) bond motifs is 1. The third kappa shape index (κ3) is 2.06. The van der Waals surface area contributed by atoms with Crippen LogP contribution in [0, 0.1) is 5.92 Å². The molecule has 1 saturated heterocycles. The molecule has 2 heterocycles. The average molecular weight is 278 g/mol. The first kappa shape index (κ1) is 13.0. The highest BCUT2D eigenvalue weighted by molar-refractivity contribution is 6.36. The van der Waals surface area contributed by atoms with Gasteiger partial charge in [0.2, 0.25) is 0 Å². The van der Waals surface area contributed by atoms with E-state index in [1.165, 1.54) is 11.1 Å². The molecule has 4 heteroatoms. The molecular weight excluding hydrogens is 258 g/mol. The summed E-state index contributed by atoms with van der Waals surface area (Å²) in [5.41, 5.74) is 8.23. The molecule has 1 aromatic carbocycles. The van der Waals surface area contributed by atoms with Crippen LogP contribution in [-0.4, -0.2) is 29.6 Å². The van der Waals surface area contributed by atoms with Crippen LogP contribution in [0.1, 0.15) is 18.0 Å². The number of nitrogens with zero attached hydrogens (tertiary/aromatic N) is 2. The maximum absolute atomic E-state index is 6.62. The predicted molar refractivity (Wildman–Crippen MR) is 80.5 cm³/mol. The van der Waals surface area contributed by atoms with E-state index < -0.39 is 0 Å². The van der Waals surface area contributed by atoms with Crippen LogP contribution in [0.3, 0.4) is 0 Å². The van der Waals surface area contributed by atoms with E-state index in [1.807, 2.05) is 7.05 Å². The normalized spacial score (nSPS) is 24.4. The minimum Gasteiger partial charge on any atom is -0.351 e. The van der Waals surface area contributed by atoms with Crippen molar-refractivity contribution < 1.29 is 0 Å². The summed E-state index contributed by atoms with van der Waals surface area (Å²) in [4.78, 5) is 2.37. The van der Waals surface area contributed by atoms with Gasteiger partial charge in [0.1, 0.15) is 0 Å². The van der Waals surface area contributed by atoms with E-state index in [0.29, 0.717) is 12.0 Å². The number of aromatic nitrogens is 1. The molecule has 2 unspecified atom stereocenters. The van der Waals surface area contributed by atoms with E-state index in [4.69, 9.17) is 17.3 Å². The fraction of sp³-hybridized carbons (Fsp3) is 0.467. The number of likely N-dealkylation sites (tertiary alicyclic amines) is 1. The minimum absolute atomic E-state index is 0.394. The predicted octanol–water partition coefficient (Wildman–Crippen LogP) is 2.78. The standard InChI is InChI=1S/C15H20ClN3/c1-18-6-5-12-13(18)4-3-11(15(12)16)14-7-10(8-17)9-19(14)2/h3-6,10,14H,7-9,17H2,1-2H3. The molecule has 0 aliphatic carbocycles. The number of hydrogen-bond donors (Lipinski definition) is 1. The molecule has 1 fully saturated rings. The number of aryl methyl sites for hydroxylation is 1. The zero-order valence-electron chi connectivity index (χ0n) is 11.4. The first-order valence-corrected chi connectivity index (χ1v) is 7.13. The average Bonchev–Trinajstić information content (AvgIpc) is 2.95. The summed E-state index contributed by atoms with van der Waals surface area (Å²) >= 11 is 6.62. The molecule has 3 rings (SSSR count). The molecule has 2 N–H and O–H groups in total. The molecule has 3 nitrogen and oxygen atoms in total. The molecule has 0 saturated carbocycles. The Hall–Kier alpha value is -1.03. The summed E-state index contributed by atoms with van der Waals surface area (Å²) in [5.74, 6) is 0.581. The van der Waals surface area contributed by atoms with E-state index in [-0.39, 0.29) is 0 Å². The van der Waals surface area contributed by atoms with Gasteiger partial charge in [-0.15, -0.1) is 0 Å².